The minimum Gasteiger partial charge on any atom is -0.370 e. The summed E-state index contributed by atoms with van der Waals surface area (Å²) in [5, 5.41) is 3.24. The van der Waals surface area contributed by atoms with Gasteiger partial charge in [-0.2, -0.15) is 0 Å². The summed E-state index contributed by atoms with van der Waals surface area (Å²) in [5.41, 5.74) is 0.418. The van der Waals surface area contributed by atoms with Gasteiger partial charge in [-0.15, -0.1) is 0 Å². The maximum absolute atomic E-state index is 11.9. The molecule has 2 heterocycles. The Kier molecular flexibility index (Phi) is 5.00. The molecule has 1 aliphatic heterocycles. The molecule has 1 atom stereocenters. The Morgan fingerprint density at radius 2 is 2.18 bits per heavy atom. The zero-order valence-electron chi connectivity index (χ0n) is 13.7. The Bertz CT molecular complexity index is 557. The minimum absolute atomic E-state index is 0.120. The van der Waals surface area contributed by atoms with Crippen LogP contribution in [0.2, 0.25) is 0 Å². The molecule has 2 rings (SSSR count). The highest BCUT2D eigenvalue weighted by Gasteiger charge is 2.30. The second-order valence-electron chi connectivity index (χ2n) is 6.20. The number of nitrogens with zero attached hydrogens (tertiary/aromatic N) is 3. The molecular weight excluding hydrogens is 280 g/mol. The molecule has 0 saturated carbocycles. The zero-order valence-corrected chi connectivity index (χ0v) is 13.7. The first-order chi connectivity index (χ1) is 10.4. The van der Waals surface area contributed by atoms with Crippen molar-refractivity contribution in [2.24, 2.45) is 5.92 Å². The predicted octanol–water partition coefficient (Wildman–Crippen LogP) is 1.45. The lowest BCUT2D eigenvalue weighted by Crippen LogP contribution is -2.32. The van der Waals surface area contributed by atoms with Crippen LogP contribution in [0.4, 0.5) is 5.82 Å². The highest BCUT2D eigenvalue weighted by atomic mass is 16.2. The van der Waals surface area contributed by atoms with Gasteiger partial charge in [0.2, 0.25) is 5.91 Å². The number of carbonyl (C=O) groups excluding carboxylic acids is 2. The van der Waals surface area contributed by atoms with Crippen molar-refractivity contribution < 1.29 is 9.59 Å². The molecule has 1 saturated heterocycles. The van der Waals surface area contributed by atoms with Gasteiger partial charge in [0, 0.05) is 45.6 Å². The summed E-state index contributed by atoms with van der Waals surface area (Å²) in [6, 6.07) is 5.60. The van der Waals surface area contributed by atoms with E-state index in [1.54, 1.807) is 20.2 Å². The van der Waals surface area contributed by atoms with Crippen molar-refractivity contribution in [1.82, 2.24) is 14.8 Å². The van der Waals surface area contributed by atoms with E-state index in [1.165, 1.54) is 4.90 Å². The largest absolute Gasteiger partial charge is 0.370 e. The van der Waals surface area contributed by atoms with Crippen LogP contribution in [0.5, 0.6) is 0 Å². The first-order valence-corrected chi connectivity index (χ1v) is 7.60. The summed E-state index contributed by atoms with van der Waals surface area (Å²) in [6.07, 6.45) is 0.571. The average molecular weight is 304 g/mol. The van der Waals surface area contributed by atoms with Crippen LogP contribution >= 0.6 is 0 Å². The van der Waals surface area contributed by atoms with Crippen molar-refractivity contribution in [2.45, 2.75) is 26.3 Å². The highest BCUT2D eigenvalue weighted by Crippen LogP contribution is 2.20. The van der Waals surface area contributed by atoms with Crippen LogP contribution in [-0.2, 0) is 4.79 Å². The molecule has 6 heteroatoms. The van der Waals surface area contributed by atoms with Gasteiger partial charge in [-0.1, -0.05) is 6.07 Å². The molecule has 2 amide bonds. The molecule has 0 bridgehead atoms. The first kappa shape index (κ1) is 16.3. The van der Waals surface area contributed by atoms with Gasteiger partial charge < -0.3 is 15.1 Å². The van der Waals surface area contributed by atoms with E-state index < -0.39 is 0 Å². The number of nitrogens with one attached hydrogen (secondary N) is 1. The summed E-state index contributed by atoms with van der Waals surface area (Å²) in [7, 11) is 3.41. The molecule has 1 unspecified atom stereocenters. The Labute approximate surface area is 131 Å². The summed E-state index contributed by atoms with van der Waals surface area (Å²) >= 11 is 0. The molecule has 22 heavy (non-hydrogen) atoms. The van der Waals surface area contributed by atoms with Crippen LogP contribution in [0.1, 0.15) is 30.8 Å². The second-order valence-corrected chi connectivity index (χ2v) is 6.20. The summed E-state index contributed by atoms with van der Waals surface area (Å²) < 4.78 is 0. The van der Waals surface area contributed by atoms with E-state index in [0.717, 1.165) is 6.54 Å². The number of rotatable bonds is 5. The smallest absolute Gasteiger partial charge is 0.272 e. The third-order valence-corrected chi connectivity index (χ3v) is 3.81. The number of anilines is 1. The van der Waals surface area contributed by atoms with Crippen LogP contribution in [0, 0.1) is 5.92 Å². The van der Waals surface area contributed by atoms with Crippen LogP contribution in [0.15, 0.2) is 18.2 Å². The van der Waals surface area contributed by atoms with Gasteiger partial charge in [-0.25, -0.2) is 4.98 Å². The van der Waals surface area contributed by atoms with Gasteiger partial charge in [-0.3, -0.25) is 9.59 Å². The third-order valence-electron chi connectivity index (χ3n) is 3.81. The minimum atomic E-state index is -0.120. The molecule has 0 aromatic carbocycles. The molecule has 1 aromatic rings. The number of carbonyl (C=O) groups is 2. The zero-order chi connectivity index (χ0) is 16.3. The molecule has 1 aliphatic rings. The fourth-order valence-corrected chi connectivity index (χ4v) is 2.57. The van der Waals surface area contributed by atoms with Crippen molar-refractivity contribution in [1.29, 1.82) is 0 Å². The molecule has 0 radical (unpaired) electrons. The normalized spacial score (nSPS) is 18.0. The maximum atomic E-state index is 11.9. The Balaban J connectivity index is 1.94. The van der Waals surface area contributed by atoms with E-state index in [1.807, 2.05) is 30.9 Å². The monoisotopic (exact) mass is 304 g/mol. The molecule has 6 nitrogen and oxygen atoms in total. The van der Waals surface area contributed by atoms with E-state index in [4.69, 9.17) is 0 Å². The topological polar surface area (TPSA) is 65.5 Å². The number of likely N-dealkylation sites (tertiary alicyclic amines) is 1. The fraction of sp³-hybridized carbons (Fsp3) is 0.562. The van der Waals surface area contributed by atoms with Crippen molar-refractivity contribution in [3.05, 3.63) is 23.9 Å². The van der Waals surface area contributed by atoms with E-state index >= 15 is 0 Å². The van der Waals surface area contributed by atoms with E-state index in [-0.39, 0.29) is 23.8 Å². The first-order valence-electron chi connectivity index (χ1n) is 7.60. The van der Waals surface area contributed by atoms with Crippen LogP contribution in [0.25, 0.3) is 0 Å². The number of hydrogen-bond donors (Lipinski definition) is 1. The summed E-state index contributed by atoms with van der Waals surface area (Å²) in [5.74, 6) is 1.05. The molecule has 1 aromatic heterocycles. The van der Waals surface area contributed by atoms with Gasteiger partial charge in [0.15, 0.2) is 0 Å². The van der Waals surface area contributed by atoms with Crippen LogP contribution in [0.3, 0.4) is 0 Å². The van der Waals surface area contributed by atoms with Gasteiger partial charge in [-0.05, 0) is 26.0 Å². The van der Waals surface area contributed by atoms with Gasteiger partial charge >= 0.3 is 0 Å². The number of hydrogen-bond acceptors (Lipinski definition) is 4. The van der Waals surface area contributed by atoms with Crippen molar-refractivity contribution >= 4 is 17.6 Å². The average Bonchev–Trinajstić information content (AvgIpc) is 2.86. The number of aromatic nitrogens is 1. The molecule has 0 aliphatic carbocycles. The van der Waals surface area contributed by atoms with Crippen molar-refractivity contribution in [3.63, 3.8) is 0 Å². The second kappa shape index (κ2) is 6.77. The molecule has 0 spiro atoms. The summed E-state index contributed by atoms with van der Waals surface area (Å²) in [6.45, 7) is 5.53. The lowest BCUT2D eigenvalue weighted by Gasteiger charge is -2.21. The molecular formula is C16H24N4O2. The van der Waals surface area contributed by atoms with Gasteiger partial charge in [0.25, 0.3) is 5.91 Å². The molecule has 1 fully saturated rings. The van der Waals surface area contributed by atoms with Crippen molar-refractivity contribution in [2.75, 3.05) is 32.5 Å². The standard InChI is InChI=1S/C16H24N4O2/c1-11(2)20-10-12(8-15(20)21)9-17-14-7-5-6-13(18-14)16(22)19(3)4/h5-7,11-12H,8-10H2,1-4H3,(H,17,18). The van der Waals surface area contributed by atoms with Gasteiger partial charge in [0.1, 0.15) is 11.5 Å². The summed E-state index contributed by atoms with van der Waals surface area (Å²) in [4.78, 5) is 31.5. The Hall–Kier alpha value is -2.11. The highest BCUT2D eigenvalue weighted by molar-refractivity contribution is 5.92. The number of pyridine rings is 1. The molecule has 120 valence electrons. The third kappa shape index (κ3) is 3.75. The lowest BCUT2D eigenvalue weighted by molar-refractivity contribution is -0.129. The van der Waals surface area contributed by atoms with Crippen LogP contribution in [-0.4, -0.2) is 59.8 Å². The maximum Gasteiger partial charge on any atom is 0.272 e. The van der Waals surface area contributed by atoms with E-state index in [0.29, 0.717) is 24.5 Å². The van der Waals surface area contributed by atoms with E-state index in [9.17, 15) is 9.59 Å². The molecule has 1 N–H and O–H groups in total. The van der Waals surface area contributed by atoms with E-state index in [2.05, 4.69) is 10.3 Å². The van der Waals surface area contributed by atoms with Gasteiger partial charge in [0.05, 0.1) is 0 Å². The predicted molar refractivity (Wildman–Crippen MR) is 85.7 cm³/mol. The fourth-order valence-electron chi connectivity index (χ4n) is 2.57. The Morgan fingerprint density at radius 1 is 1.45 bits per heavy atom. The quantitative estimate of drug-likeness (QED) is 0.894. The lowest BCUT2D eigenvalue weighted by atomic mass is 10.1. The Morgan fingerprint density at radius 3 is 2.77 bits per heavy atom. The SMILES string of the molecule is CC(C)N1CC(CNc2cccc(C(=O)N(C)C)n2)CC1=O. The van der Waals surface area contributed by atoms with Crippen molar-refractivity contribution in [3.8, 4) is 0 Å². The van der Waals surface area contributed by atoms with Crippen LogP contribution < -0.4 is 5.32 Å². The number of amides is 2.